The average molecular weight is 449 g/mol. The maximum absolute atomic E-state index is 12.9. The first-order valence-corrected chi connectivity index (χ1v) is 10.8. The van der Waals surface area contributed by atoms with Crippen molar-refractivity contribution in [2.45, 2.75) is 20.4 Å². The van der Waals surface area contributed by atoms with Crippen molar-refractivity contribution < 1.29 is 4.79 Å². The fourth-order valence-corrected chi connectivity index (χ4v) is 4.35. The van der Waals surface area contributed by atoms with Crippen LogP contribution in [0.1, 0.15) is 21.7 Å². The molecule has 0 bridgehead atoms. The van der Waals surface area contributed by atoms with Crippen molar-refractivity contribution in [3.63, 3.8) is 0 Å². The highest BCUT2D eigenvalue weighted by Crippen LogP contribution is 2.32. The van der Waals surface area contributed by atoms with Gasteiger partial charge in [0.1, 0.15) is 0 Å². The molecule has 3 heterocycles. The molecule has 3 aromatic heterocycles. The number of allylic oxidation sites excluding steroid dienone is 1. The summed E-state index contributed by atoms with van der Waals surface area (Å²) in [7, 11) is 0. The standard InChI is InChI=1S/C22H20N6OS2/c1-4-12-28-19(26-27-22(28)30)18-14(3)24-21(31-18)25-20(29)16-10-11-17(23-13(16)2)15-8-6-5-7-9-15/h4-11H,1,12H2,2-3H3,(H,27,30)(H,24,25,29). The Hall–Kier alpha value is -3.43. The van der Waals surface area contributed by atoms with E-state index in [-0.39, 0.29) is 5.91 Å². The first-order chi connectivity index (χ1) is 15.0. The van der Waals surface area contributed by atoms with Crippen molar-refractivity contribution in [2.24, 2.45) is 0 Å². The number of H-pyrrole nitrogens is 1. The minimum absolute atomic E-state index is 0.255. The maximum Gasteiger partial charge on any atom is 0.259 e. The minimum atomic E-state index is -0.255. The van der Waals surface area contributed by atoms with Crippen LogP contribution in [-0.2, 0) is 6.54 Å². The summed E-state index contributed by atoms with van der Waals surface area (Å²) in [5.41, 5.74) is 3.74. The number of nitrogens with zero attached hydrogens (tertiary/aromatic N) is 4. The fourth-order valence-electron chi connectivity index (χ4n) is 3.18. The van der Waals surface area contributed by atoms with Crippen LogP contribution in [0.3, 0.4) is 0 Å². The number of pyridine rings is 1. The molecule has 0 saturated carbocycles. The first-order valence-electron chi connectivity index (χ1n) is 9.56. The van der Waals surface area contributed by atoms with Crippen molar-refractivity contribution in [3.8, 4) is 22.0 Å². The van der Waals surface area contributed by atoms with E-state index in [4.69, 9.17) is 12.2 Å². The van der Waals surface area contributed by atoms with Crippen LogP contribution in [0.15, 0.2) is 55.1 Å². The summed E-state index contributed by atoms with van der Waals surface area (Å²) in [4.78, 5) is 22.8. The summed E-state index contributed by atoms with van der Waals surface area (Å²) in [6, 6.07) is 13.5. The number of carbonyl (C=O) groups excluding carboxylic acids is 1. The van der Waals surface area contributed by atoms with Crippen LogP contribution in [0.25, 0.3) is 22.0 Å². The van der Waals surface area contributed by atoms with Gasteiger partial charge in [-0.05, 0) is 38.2 Å². The number of thiazole rings is 1. The smallest absolute Gasteiger partial charge is 0.259 e. The molecule has 31 heavy (non-hydrogen) atoms. The highest BCUT2D eigenvalue weighted by atomic mass is 32.1. The second-order valence-corrected chi connectivity index (χ2v) is 8.22. The van der Waals surface area contributed by atoms with Gasteiger partial charge in [0.2, 0.25) is 0 Å². The average Bonchev–Trinajstić information content (AvgIpc) is 3.30. The van der Waals surface area contributed by atoms with Gasteiger partial charge in [0.05, 0.1) is 27.5 Å². The van der Waals surface area contributed by atoms with Crippen LogP contribution >= 0.6 is 23.6 Å². The van der Waals surface area contributed by atoms with Gasteiger partial charge in [-0.2, -0.15) is 5.10 Å². The number of aryl methyl sites for hydroxylation is 2. The number of hydrogen-bond acceptors (Lipinski definition) is 6. The molecule has 0 atom stereocenters. The summed E-state index contributed by atoms with van der Waals surface area (Å²) in [5, 5.41) is 10.5. The number of aromatic amines is 1. The molecule has 2 N–H and O–H groups in total. The van der Waals surface area contributed by atoms with Gasteiger partial charge in [0.25, 0.3) is 5.91 Å². The van der Waals surface area contributed by atoms with Gasteiger partial charge in [0, 0.05) is 12.1 Å². The lowest BCUT2D eigenvalue weighted by Crippen LogP contribution is -2.14. The topological polar surface area (TPSA) is 88.5 Å². The van der Waals surface area contributed by atoms with E-state index in [1.165, 1.54) is 11.3 Å². The van der Waals surface area contributed by atoms with E-state index in [2.05, 4.69) is 32.1 Å². The molecule has 0 fully saturated rings. The molecule has 0 radical (unpaired) electrons. The van der Waals surface area contributed by atoms with Crippen LogP contribution in [0, 0.1) is 18.6 Å². The van der Waals surface area contributed by atoms with Crippen LogP contribution in [-0.4, -0.2) is 30.6 Å². The summed E-state index contributed by atoms with van der Waals surface area (Å²) in [5.74, 6) is 0.417. The van der Waals surface area contributed by atoms with Gasteiger partial charge in [0.15, 0.2) is 15.7 Å². The van der Waals surface area contributed by atoms with E-state index in [0.29, 0.717) is 33.5 Å². The summed E-state index contributed by atoms with van der Waals surface area (Å²) >= 11 is 6.63. The molecular formula is C22H20N6OS2. The van der Waals surface area contributed by atoms with Gasteiger partial charge in [-0.1, -0.05) is 47.7 Å². The van der Waals surface area contributed by atoms with Gasteiger partial charge < -0.3 is 0 Å². The summed E-state index contributed by atoms with van der Waals surface area (Å²) in [6.07, 6.45) is 1.75. The zero-order chi connectivity index (χ0) is 22.0. The molecule has 0 aliphatic carbocycles. The lowest BCUT2D eigenvalue weighted by molar-refractivity contribution is 0.102. The molecule has 0 saturated heterocycles. The van der Waals surface area contributed by atoms with Gasteiger partial charge in [-0.25, -0.2) is 4.98 Å². The van der Waals surface area contributed by atoms with Gasteiger partial charge in [-0.15, -0.1) is 6.58 Å². The maximum atomic E-state index is 12.9. The minimum Gasteiger partial charge on any atom is -0.298 e. The fraction of sp³-hybridized carbons (Fsp3) is 0.136. The number of carbonyl (C=O) groups is 1. The lowest BCUT2D eigenvalue weighted by Gasteiger charge is -2.07. The Labute approximate surface area is 188 Å². The predicted molar refractivity (Wildman–Crippen MR) is 126 cm³/mol. The van der Waals surface area contributed by atoms with Crippen molar-refractivity contribution in [1.29, 1.82) is 0 Å². The Morgan fingerprint density at radius 3 is 2.68 bits per heavy atom. The van der Waals surface area contributed by atoms with Crippen LogP contribution < -0.4 is 5.32 Å². The summed E-state index contributed by atoms with van der Waals surface area (Å²) in [6.45, 7) is 7.99. The number of hydrogen-bond donors (Lipinski definition) is 2. The number of amides is 1. The van der Waals surface area contributed by atoms with E-state index in [1.54, 1.807) is 12.1 Å². The predicted octanol–water partition coefficient (Wildman–Crippen LogP) is 5.18. The Morgan fingerprint density at radius 2 is 1.97 bits per heavy atom. The van der Waals surface area contributed by atoms with E-state index in [1.807, 2.05) is 54.8 Å². The molecule has 7 nitrogen and oxygen atoms in total. The lowest BCUT2D eigenvalue weighted by atomic mass is 10.1. The molecule has 0 aliphatic heterocycles. The molecule has 4 rings (SSSR count). The Bertz CT molecular complexity index is 1320. The Morgan fingerprint density at radius 1 is 1.19 bits per heavy atom. The highest BCUT2D eigenvalue weighted by molar-refractivity contribution is 7.71. The second-order valence-electron chi connectivity index (χ2n) is 6.83. The Kier molecular flexibility index (Phi) is 5.88. The van der Waals surface area contributed by atoms with E-state index < -0.39 is 0 Å². The molecule has 1 aromatic carbocycles. The quantitative estimate of drug-likeness (QED) is 0.313. The monoisotopic (exact) mass is 448 g/mol. The molecule has 4 aromatic rings. The molecule has 1 amide bonds. The van der Waals surface area contributed by atoms with Gasteiger partial charge in [-0.3, -0.25) is 24.8 Å². The van der Waals surface area contributed by atoms with Crippen LogP contribution in [0.5, 0.6) is 0 Å². The third-order valence-corrected chi connectivity index (χ3v) is 6.07. The van der Waals surface area contributed by atoms with E-state index in [0.717, 1.165) is 21.8 Å². The van der Waals surface area contributed by atoms with Crippen molar-refractivity contribution in [1.82, 2.24) is 24.7 Å². The molecule has 0 spiro atoms. The second kappa shape index (κ2) is 8.75. The van der Waals surface area contributed by atoms with E-state index >= 15 is 0 Å². The summed E-state index contributed by atoms with van der Waals surface area (Å²) < 4.78 is 2.35. The molecule has 9 heteroatoms. The van der Waals surface area contributed by atoms with Crippen LogP contribution in [0.4, 0.5) is 5.13 Å². The highest BCUT2D eigenvalue weighted by Gasteiger charge is 2.18. The molecule has 156 valence electrons. The largest absolute Gasteiger partial charge is 0.298 e. The third kappa shape index (κ3) is 4.23. The van der Waals surface area contributed by atoms with Crippen molar-refractivity contribution in [3.05, 3.63) is 76.8 Å². The van der Waals surface area contributed by atoms with E-state index in [9.17, 15) is 4.79 Å². The third-order valence-electron chi connectivity index (χ3n) is 4.69. The number of aromatic nitrogens is 5. The number of benzene rings is 1. The van der Waals surface area contributed by atoms with Crippen LogP contribution in [0.2, 0.25) is 0 Å². The van der Waals surface area contributed by atoms with Gasteiger partial charge >= 0.3 is 0 Å². The molecule has 0 unspecified atom stereocenters. The Balaban J connectivity index is 1.58. The number of nitrogens with one attached hydrogen (secondary N) is 2. The zero-order valence-electron chi connectivity index (χ0n) is 17.0. The zero-order valence-corrected chi connectivity index (χ0v) is 18.7. The number of rotatable bonds is 6. The molecule has 0 aliphatic rings. The molecular weight excluding hydrogens is 428 g/mol. The van der Waals surface area contributed by atoms with Crippen molar-refractivity contribution in [2.75, 3.05) is 5.32 Å². The normalized spacial score (nSPS) is 10.8. The SMILES string of the molecule is C=CCn1c(-c2sc(NC(=O)c3ccc(-c4ccccc4)nc3C)nc2C)n[nH]c1=S. The first kappa shape index (κ1) is 20.8. The number of anilines is 1. The van der Waals surface area contributed by atoms with Crippen molar-refractivity contribution >= 4 is 34.6 Å².